The van der Waals surface area contributed by atoms with Crippen LogP contribution in [0.25, 0.3) is 0 Å². The lowest BCUT2D eigenvalue weighted by Crippen LogP contribution is -2.16. The molecule has 1 aromatic carbocycles. The molecule has 1 amide bonds. The number of aryl methyl sites for hydroxylation is 1. The first-order valence-electron chi connectivity index (χ1n) is 6.79. The maximum Gasteiger partial charge on any atom is 0.274 e. The van der Waals surface area contributed by atoms with E-state index in [0.717, 1.165) is 12.8 Å². The molecule has 0 atom stereocenters. The van der Waals surface area contributed by atoms with Gasteiger partial charge in [0.15, 0.2) is 0 Å². The van der Waals surface area contributed by atoms with Crippen molar-refractivity contribution >= 4 is 29.0 Å². The number of aromatic nitrogens is 2. The highest BCUT2D eigenvalue weighted by molar-refractivity contribution is 6.30. The van der Waals surface area contributed by atoms with Crippen LogP contribution in [0, 0.1) is 6.92 Å². The van der Waals surface area contributed by atoms with Gasteiger partial charge in [0.1, 0.15) is 17.3 Å². The summed E-state index contributed by atoms with van der Waals surface area (Å²) in [6, 6.07) is 9.10. The van der Waals surface area contributed by atoms with E-state index in [0.29, 0.717) is 34.1 Å². The lowest BCUT2D eigenvalue weighted by molar-refractivity contribution is 0.102. The Bertz CT molecular complexity index is 668. The van der Waals surface area contributed by atoms with Crippen LogP contribution in [-0.4, -0.2) is 21.9 Å². The maximum absolute atomic E-state index is 12.2. The minimum absolute atomic E-state index is 0.262. The van der Waals surface area contributed by atoms with Crippen molar-refractivity contribution < 1.29 is 4.79 Å². The van der Waals surface area contributed by atoms with Gasteiger partial charge < -0.3 is 10.6 Å². The van der Waals surface area contributed by atoms with Crippen molar-refractivity contribution in [1.29, 1.82) is 0 Å². The molecule has 5 nitrogen and oxygen atoms in total. The van der Waals surface area contributed by atoms with Crippen molar-refractivity contribution in [2.75, 3.05) is 10.6 Å². The van der Waals surface area contributed by atoms with Gasteiger partial charge in [-0.05, 0) is 44.0 Å². The van der Waals surface area contributed by atoms with Gasteiger partial charge in [-0.25, -0.2) is 9.97 Å². The molecule has 1 fully saturated rings. The van der Waals surface area contributed by atoms with E-state index < -0.39 is 0 Å². The Balaban J connectivity index is 1.76. The average molecular weight is 303 g/mol. The summed E-state index contributed by atoms with van der Waals surface area (Å²) in [5.74, 6) is 1.01. The third kappa shape index (κ3) is 3.70. The van der Waals surface area contributed by atoms with E-state index in [4.69, 9.17) is 11.6 Å². The molecule has 0 bridgehead atoms. The maximum atomic E-state index is 12.2. The second-order valence-electron chi connectivity index (χ2n) is 5.07. The Morgan fingerprint density at radius 3 is 2.62 bits per heavy atom. The molecule has 108 valence electrons. The van der Waals surface area contributed by atoms with Crippen molar-refractivity contribution in [3.63, 3.8) is 0 Å². The predicted molar refractivity (Wildman–Crippen MR) is 82.8 cm³/mol. The van der Waals surface area contributed by atoms with Gasteiger partial charge >= 0.3 is 0 Å². The lowest BCUT2D eigenvalue weighted by Gasteiger charge is -2.08. The van der Waals surface area contributed by atoms with Gasteiger partial charge in [0, 0.05) is 22.8 Å². The van der Waals surface area contributed by atoms with Crippen LogP contribution in [0.2, 0.25) is 5.02 Å². The third-order valence-corrected chi connectivity index (χ3v) is 3.35. The fourth-order valence-corrected chi connectivity index (χ4v) is 2.05. The smallest absolute Gasteiger partial charge is 0.274 e. The van der Waals surface area contributed by atoms with Crippen molar-refractivity contribution in [2.45, 2.75) is 25.8 Å². The number of nitrogens with zero attached hydrogens (tertiary/aromatic N) is 2. The summed E-state index contributed by atoms with van der Waals surface area (Å²) >= 11 is 5.82. The number of hydrogen-bond donors (Lipinski definition) is 2. The molecule has 1 saturated carbocycles. The number of benzene rings is 1. The van der Waals surface area contributed by atoms with Crippen LogP contribution in [0.1, 0.15) is 29.2 Å². The molecule has 0 radical (unpaired) electrons. The molecule has 21 heavy (non-hydrogen) atoms. The van der Waals surface area contributed by atoms with Crippen LogP contribution in [0.3, 0.4) is 0 Å². The number of carbonyl (C=O) groups is 1. The van der Waals surface area contributed by atoms with E-state index in [-0.39, 0.29) is 5.91 Å². The summed E-state index contributed by atoms with van der Waals surface area (Å²) in [6.45, 7) is 1.77. The molecule has 0 aliphatic heterocycles. The topological polar surface area (TPSA) is 66.9 Å². The zero-order valence-corrected chi connectivity index (χ0v) is 12.3. The van der Waals surface area contributed by atoms with Crippen molar-refractivity contribution in [1.82, 2.24) is 9.97 Å². The van der Waals surface area contributed by atoms with Crippen molar-refractivity contribution in [2.24, 2.45) is 0 Å². The standard InChI is InChI=1S/C15H15ClN4O/c1-9-17-13(8-14(18-9)19-11-6-7-11)15(21)20-12-4-2-10(16)3-5-12/h2-5,8,11H,6-7H2,1H3,(H,20,21)(H,17,18,19). The first-order chi connectivity index (χ1) is 10.1. The van der Waals surface area contributed by atoms with Gasteiger partial charge in [0.2, 0.25) is 0 Å². The molecule has 1 aliphatic rings. The zero-order valence-electron chi connectivity index (χ0n) is 11.6. The summed E-state index contributed by atoms with van der Waals surface area (Å²) in [7, 11) is 0. The van der Waals surface area contributed by atoms with Gasteiger partial charge in [-0.3, -0.25) is 4.79 Å². The summed E-state index contributed by atoms with van der Waals surface area (Å²) in [4.78, 5) is 20.7. The van der Waals surface area contributed by atoms with Crippen LogP contribution >= 0.6 is 11.6 Å². The quantitative estimate of drug-likeness (QED) is 0.909. The Morgan fingerprint density at radius 2 is 1.95 bits per heavy atom. The number of nitrogens with one attached hydrogen (secondary N) is 2. The largest absolute Gasteiger partial charge is 0.367 e. The van der Waals surface area contributed by atoms with E-state index in [9.17, 15) is 4.79 Å². The fourth-order valence-electron chi connectivity index (χ4n) is 1.92. The molecule has 3 rings (SSSR count). The first-order valence-corrected chi connectivity index (χ1v) is 7.17. The van der Waals surface area contributed by atoms with E-state index in [1.54, 1.807) is 37.3 Å². The monoisotopic (exact) mass is 302 g/mol. The fraction of sp³-hybridized carbons (Fsp3) is 0.267. The molecule has 0 unspecified atom stereocenters. The summed E-state index contributed by atoms with van der Waals surface area (Å²) < 4.78 is 0. The molecular formula is C15H15ClN4O. The van der Waals surface area contributed by atoms with E-state index in [2.05, 4.69) is 20.6 Å². The summed E-state index contributed by atoms with van der Waals surface area (Å²) in [6.07, 6.45) is 2.30. The first kappa shape index (κ1) is 13.8. The molecule has 1 heterocycles. The SMILES string of the molecule is Cc1nc(NC2CC2)cc(C(=O)Nc2ccc(Cl)cc2)n1. The average Bonchev–Trinajstić information content (AvgIpc) is 3.24. The molecule has 0 spiro atoms. The highest BCUT2D eigenvalue weighted by Crippen LogP contribution is 2.24. The van der Waals surface area contributed by atoms with Crippen LogP contribution in [0.4, 0.5) is 11.5 Å². The Morgan fingerprint density at radius 1 is 1.24 bits per heavy atom. The second kappa shape index (κ2) is 5.69. The lowest BCUT2D eigenvalue weighted by atomic mass is 10.3. The van der Waals surface area contributed by atoms with Crippen LogP contribution in [0.5, 0.6) is 0 Å². The molecule has 2 aromatic rings. The molecule has 0 saturated heterocycles. The van der Waals surface area contributed by atoms with Crippen molar-refractivity contribution in [3.8, 4) is 0 Å². The van der Waals surface area contributed by atoms with Crippen molar-refractivity contribution in [3.05, 3.63) is 46.9 Å². The van der Waals surface area contributed by atoms with E-state index in [1.165, 1.54) is 0 Å². The number of carbonyl (C=O) groups excluding carboxylic acids is 1. The molecule has 2 N–H and O–H groups in total. The van der Waals surface area contributed by atoms with Crippen LogP contribution < -0.4 is 10.6 Å². The predicted octanol–water partition coefficient (Wildman–Crippen LogP) is 3.27. The summed E-state index contributed by atoms with van der Waals surface area (Å²) in [5.41, 5.74) is 1.03. The zero-order chi connectivity index (χ0) is 14.8. The normalized spacial score (nSPS) is 13.8. The van der Waals surface area contributed by atoms with Crippen LogP contribution in [0.15, 0.2) is 30.3 Å². The highest BCUT2D eigenvalue weighted by Gasteiger charge is 2.22. The number of rotatable bonds is 4. The Labute approximate surface area is 127 Å². The molecular weight excluding hydrogens is 288 g/mol. The third-order valence-electron chi connectivity index (χ3n) is 3.10. The number of halogens is 1. The number of amides is 1. The Hall–Kier alpha value is -2.14. The minimum atomic E-state index is -0.262. The number of hydrogen-bond acceptors (Lipinski definition) is 4. The van der Waals surface area contributed by atoms with Gasteiger partial charge in [-0.2, -0.15) is 0 Å². The van der Waals surface area contributed by atoms with Gasteiger partial charge in [0.25, 0.3) is 5.91 Å². The molecule has 6 heteroatoms. The second-order valence-corrected chi connectivity index (χ2v) is 5.50. The van der Waals surface area contributed by atoms with Gasteiger partial charge in [-0.1, -0.05) is 11.6 Å². The highest BCUT2D eigenvalue weighted by atomic mass is 35.5. The van der Waals surface area contributed by atoms with Gasteiger partial charge in [-0.15, -0.1) is 0 Å². The summed E-state index contributed by atoms with van der Waals surface area (Å²) in [5, 5.41) is 6.69. The van der Waals surface area contributed by atoms with E-state index in [1.807, 2.05) is 0 Å². The number of anilines is 2. The molecule has 1 aromatic heterocycles. The Kier molecular flexibility index (Phi) is 3.75. The van der Waals surface area contributed by atoms with Crippen LogP contribution in [-0.2, 0) is 0 Å². The van der Waals surface area contributed by atoms with E-state index >= 15 is 0 Å². The van der Waals surface area contributed by atoms with Gasteiger partial charge in [0.05, 0.1) is 0 Å². The molecule has 1 aliphatic carbocycles. The minimum Gasteiger partial charge on any atom is -0.367 e.